The van der Waals surface area contributed by atoms with E-state index in [1.165, 1.54) is 24.0 Å². The second-order valence-corrected chi connectivity index (χ2v) is 7.22. The lowest BCUT2D eigenvalue weighted by Crippen LogP contribution is -2.17. The Morgan fingerprint density at radius 3 is 2.71 bits per heavy atom. The molecule has 0 heterocycles. The van der Waals surface area contributed by atoms with Crippen molar-refractivity contribution in [1.29, 1.82) is 0 Å². The van der Waals surface area contributed by atoms with Gasteiger partial charge in [0.15, 0.2) is 0 Å². The molecule has 0 radical (unpaired) electrons. The minimum absolute atomic E-state index is 0.149. The number of rotatable bonds is 7. The minimum atomic E-state index is 0.149. The van der Waals surface area contributed by atoms with Crippen LogP contribution in [0.15, 0.2) is 35.9 Å². The van der Waals surface area contributed by atoms with Gasteiger partial charge in [0.1, 0.15) is 11.5 Å². The van der Waals surface area contributed by atoms with Crippen LogP contribution in [0, 0.1) is 5.92 Å². The van der Waals surface area contributed by atoms with Crippen molar-refractivity contribution in [3.63, 3.8) is 0 Å². The zero-order chi connectivity index (χ0) is 17.7. The van der Waals surface area contributed by atoms with E-state index in [1.807, 2.05) is 6.07 Å². The average Bonchev–Trinajstić information content (AvgIpc) is 2.54. The first-order chi connectivity index (χ1) is 11.5. The van der Waals surface area contributed by atoms with Crippen LogP contribution in [0.25, 0.3) is 0 Å². The number of unbranched alkanes of at least 4 members (excludes halogenated alkanes) is 2. The number of allylic oxidation sites excluding steroid dienone is 3. The Balaban J connectivity index is 2.40. The number of hydrogen-bond donors (Lipinski definition) is 1. The van der Waals surface area contributed by atoms with Crippen molar-refractivity contribution < 1.29 is 9.84 Å². The molecule has 132 valence electrons. The smallest absolute Gasteiger partial charge is 0.126 e. The molecular formula is C22H32O2. The average molecular weight is 328 g/mol. The molecule has 0 spiro atoms. The summed E-state index contributed by atoms with van der Waals surface area (Å²) in [5.41, 5.74) is 4.64. The third kappa shape index (κ3) is 4.23. The first-order valence-corrected chi connectivity index (χ1v) is 9.20. The fourth-order valence-corrected chi connectivity index (χ4v) is 3.80. The van der Waals surface area contributed by atoms with Gasteiger partial charge >= 0.3 is 0 Å². The normalized spacial score (nSPS) is 20.6. The Kier molecular flexibility index (Phi) is 6.53. The molecule has 0 unspecified atom stereocenters. The lowest BCUT2D eigenvalue weighted by atomic mass is 9.73. The van der Waals surface area contributed by atoms with Gasteiger partial charge in [0.05, 0.1) is 7.11 Å². The number of methoxy groups -OCH3 is 1. The standard InChI is InChI=1S/C22H32O2/c1-6-7-8-9-17-13-20(23)22(21(14-17)24-5)19-12-16(4)10-11-18(19)15(2)3/h12-14,18-19,23H,2,6-11H2,1,3-5H3/t18-,19-/m1/s1. The molecule has 1 aromatic carbocycles. The van der Waals surface area contributed by atoms with Gasteiger partial charge in [0.25, 0.3) is 0 Å². The Labute approximate surface area is 147 Å². The highest BCUT2D eigenvalue weighted by Gasteiger charge is 2.30. The first kappa shape index (κ1) is 18.6. The van der Waals surface area contributed by atoms with Crippen LogP contribution in [-0.4, -0.2) is 12.2 Å². The summed E-state index contributed by atoms with van der Waals surface area (Å²) in [7, 11) is 1.70. The van der Waals surface area contributed by atoms with Gasteiger partial charge in [-0.05, 0) is 63.1 Å². The molecule has 1 N–H and O–H groups in total. The van der Waals surface area contributed by atoms with E-state index in [4.69, 9.17) is 4.74 Å². The number of aryl methyl sites for hydroxylation is 1. The van der Waals surface area contributed by atoms with E-state index in [2.05, 4.69) is 39.5 Å². The molecule has 0 fully saturated rings. The molecule has 2 atom stereocenters. The van der Waals surface area contributed by atoms with Gasteiger partial charge in [-0.2, -0.15) is 0 Å². The second-order valence-electron chi connectivity index (χ2n) is 7.22. The largest absolute Gasteiger partial charge is 0.507 e. The number of phenols is 1. The van der Waals surface area contributed by atoms with Crippen molar-refractivity contribution in [2.75, 3.05) is 7.11 Å². The van der Waals surface area contributed by atoms with E-state index >= 15 is 0 Å². The molecule has 0 amide bonds. The highest BCUT2D eigenvalue weighted by Crippen LogP contribution is 2.46. The monoisotopic (exact) mass is 328 g/mol. The third-order valence-electron chi connectivity index (χ3n) is 5.18. The SMILES string of the molecule is C=C(C)[C@H]1CCC(C)=C[C@H]1c1c(O)cc(CCCCC)cc1OC. The molecule has 1 aliphatic rings. The predicted octanol–water partition coefficient (Wildman–Crippen LogP) is 6.15. The molecule has 0 aromatic heterocycles. The molecule has 0 saturated carbocycles. The third-order valence-corrected chi connectivity index (χ3v) is 5.18. The zero-order valence-electron chi connectivity index (χ0n) is 15.7. The number of benzene rings is 1. The van der Waals surface area contributed by atoms with E-state index in [1.54, 1.807) is 7.11 Å². The molecule has 1 aliphatic carbocycles. The highest BCUT2D eigenvalue weighted by molar-refractivity contribution is 5.52. The molecule has 0 bridgehead atoms. The molecule has 24 heavy (non-hydrogen) atoms. The van der Waals surface area contributed by atoms with Gasteiger partial charge in [0, 0.05) is 11.5 Å². The Hall–Kier alpha value is -1.70. The molecule has 1 aromatic rings. The maximum absolute atomic E-state index is 10.8. The van der Waals surface area contributed by atoms with Gasteiger partial charge in [-0.1, -0.05) is 43.6 Å². The number of ether oxygens (including phenoxy) is 1. The topological polar surface area (TPSA) is 29.5 Å². The van der Waals surface area contributed by atoms with Crippen molar-refractivity contribution in [2.45, 2.75) is 65.2 Å². The Morgan fingerprint density at radius 1 is 1.33 bits per heavy atom. The van der Waals surface area contributed by atoms with E-state index in [9.17, 15) is 5.11 Å². The summed E-state index contributed by atoms with van der Waals surface area (Å²) in [6.07, 6.45) is 9.03. The van der Waals surface area contributed by atoms with Gasteiger partial charge in [0.2, 0.25) is 0 Å². The number of hydrogen-bond acceptors (Lipinski definition) is 2. The summed E-state index contributed by atoms with van der Waals surface area (Å²) < 4.78 is 5.67. The van der Waals surface area contributed by atoms with Crippen LogP contribution >= 0.6 is 0 Å². The van der Waals surface area contributed by atoms with Crippen molar-refractivity contribution in [3.05, 3.63) is 47.1 Å². The summed E-state index contributed by atoms with van der Waals surface area (Å²) >= 11 is 0. The molecule has 0 aliphatic heterocycles. The van der Waals surface area contributed by atoms with Crippen LogP contribution in [-0.2, 0) is 6.42 Å². The Morgan fingerprint density at radius 2 is 2.08 bits per heavy atom. The summed E-state index contributed by atoms with van der Waals surface area (Å²) in [5.74, 6) is 1.68. The fraction of sp³-hybridized carbons (Fsp3) is 0.545. The van der Waals surface area contributed by atoms with Crippen molar-refractivity contribution in [1.82, 2.24) is 0 Å². The van der Waals surface area contributed by atoms with E-state index in [0.717, 1.165) is 42.6 Å². The quantitative estimate of drug-likeness (QED) is 0.480. The second kappa shape index (κ2) is 8.41. The number of aromatic hydroxyl groups is 1. The summed E-state index contributed by atoms with van der Waals surface area (Å²) in [5, 5.41) is 10.8. The molecular weight excluding hydrogens is 296 g/mol. The van der Waals surface area contributed by atoms with Gasteiger partial charge < -0.3 is 9.84 Å². The van der Waals surface area contributed by atoms with Crippen LogP contribution in [0.2, 0.25) is 0 Å². The van der Waals surface area contributed by atoms with E-state index in [0.29, 0.717) is 11.7 Å². The summed E-state index contributed by atoms with van der Waals surface area (Å²) in [6, 6.07) is 4.04. The maximum atomic E-state index is 10.8. The molecule has 2 rings (SSSR count). The summed E-state index contributed by atoms with van der Waals surface area (Å²) in [4.78, 5) is 0. The van der Waals surface area contributed by atoms with E-state index < -0.39 is 0 Å². The van der Waals surface area contributed by atoms with Crippen LogP contribution in [0.5, 0.6) is 11.5 Å². The lowest BCUT2D eigenvalue weighted by Gasteiger charge is -2.32. The number of phenolic OH excluding ortho intramolecular Hbond substituents is 1. The Bertz CT molecular complexity index is 613. The van der Waals surface area contributed by atoms with Crippen molar-refractivity contribution in [3.8, 4) is 11.5 Å². The van der Waals surface area contributed by atoms with Gasteiger partial charge in [-0.25, -0.2) is 0 Å². The maximum Gasteiger partial charge on any atom is 0.126 e. The van der Waals surface area contributed by atoms with Crippen LogP contribution in [0.4, 0.5) is 0 Å². The first-order valence-electron chi connectivity index (χ1n) is 9.20. The zero-order valence-corrected chi connectivity index (χ0v) is 15.7. The summed E-state index contributed by atoms with van der Waals surface area (Å²) in [6.45, 7) is 10.6. The minimum Gasteiger partial charge on any atom is -0.507 e. The molecule has 2 heteroatoms. The van der Waals surface area contributed by atoms with Gasteiger partial charge in [-0.3, -0.25) is 0 Å². The molecule has 0 saturated heterocycles. The highest BCUT2D eigenvalue weighted by atomic mass is 16.5. The lowest BCUT2D eigenvalue weighted by molar-refractivity contribution is 0.381. The van der Waals surface area contributed by atoms with Crippen LogP contribution in [0.1, 0.15) is 69.9 Å². The van der Waals surface area contributed by atoms with Crippen LogP contribution in [0.3, 0.4) is 0 Å². The van der Waals surface area contributed by atoms with E-state index in [-0.39, 0.29) is 5.92 Å². The predicted molar refractivity (Wildman–Crippen MR) is 102 cm³/mol. The molecule has 2 nitrogen and oxygen atoms in total. The van der Waals surface area contributed by atoms with Gasteiger partial charge in [-0.15, -0.1) is 0 Å². The fourth-order valence-electron chi connectivity index (χ4n) is 3.80. The van der Waals surface area contributed by atoms with Crippen molar-refractivity contribution >= 4 is 0 Å². The van der Waals surface area contributed by atoms with Crippen molar-refractivity contribution in [2.24, 2.45) is 5.92 Å². The van der Waals surface area contributed by atoms with Crippen LogP contribution < -0.4 is 4.74 Å².